The molecule has 22 nitrogen and oxygen atoms in total. The van der Waals surface area contributed by atoms with Gasteiger partial charge in [0.2, 0.25) is 35.4 Å². The van der Waals surface area contributed by atoms with Crippen LogP contribution in [0, 0.1) is 5.92 Å². The fourth-order valence-corrected chi connectivity index (χ4v) is 6.92. The number of nitrogens with one attached hydrogen (secondary N) is 4. The van der Waals surface area contributed by atoms with Crippen LogP contribution < -0.4 is 27.0 Å². The van der Waals surface area contributed by atoms with Crippen LogP contribution in [0.15, 0.2) is 24.3 Å². The van der Waals surface area contributed by atoms with Gasteiger partial charge in [-0.15, -0.1) is 12.4 Å². The van der Waals surface area contributed by atoms with Crippen molar-refractivity contribution in [2.24, 2.45) is 11.7 Å². The van der Waals surface area contributed by atoms with Gasteiger partial charge < -0.3 is 82.8 Å². The fourth-order valence-electron chi connectivity index (χ4n) is 6.92. The number of rotatable bonds is 5. The molecule has 0 radical (unpaired) electrons. The van der Waals surface area contributed by atoms with Crippen molar-refractivity contribution in [1.29, 1.82) is 0 Å². The van der Waals surface area contributed by atoms with E-state index >= 15 is 0 Å². The largest absolute Gasteiger partial charge is 0.508 e. The maximum atomic E-state index is 14.0. The third-order valence-corrected chi connectivity index (χ3v) is 10.2. The molecule has 57 heavy (non-hydrogen) atoms. The predicted molar refractivity (Wildman–Crippen MR) is 195 cm³/mol. The standard InChI is InChI=1S/C34H51N7O15.ClH/c1-12-10-41-24(25(12)47)32(54)39-30(52)20(46)9-18(35)28(50)36-21(13(2)42)33(55)40-11-17(45)8-19(40)29(51)38-23(31(53)37-22(14(3)43)34(41)56)27(49)26(48)15-4-6-16(44)7-5-15;/h4-7,12-14,17-27,30,42-49,52H,8-11,35H2,1-3H3,(H,36,50)(H,37,53)(H,38,51)(H,39,54);1H/t12-,13+,14+,17+,18-,19-,20+,21?,22-,23?,24-,25-,26-,27-,30+;/m0./s1. The molecular formula is C34H52ClN7O15. The smallest absolute Gasteiger partial charge is 0.248 e. The number of hydrogen-bond acceptors (Lipinski definition) is 16. The Morgan fingerprint density at radius 3 is 1.79 bits per heavy atom. The van der Waals surface area contributed by atoms with Crippen molar-refractivity contribution in [3.63, 3.8) is 0 Å². The average molecular weight is 834 g/mol. The molecule has 23 heteroatoms. The summed E-state index contributed by atoms with van der Waals surface area (Å²) in [7, 11) is 0. The van der Waals surface area contributed by atoms with E-state index in [1.807, 2.05) is 5.32 Å². The van der Waals surface area contributed by atoms with Gasteiger partial charge >= 0.3 is 0 Å². The van der Waals surface area contributed by atoms with E-state index in [4.69, 9.17) is 5.73 Å². The summed E-state index contributed by atoms with van der Waals surface area (Å²) in [6, 6.07) is -6.28. The summed E-state index contributed by atoms with van der Waals surface area (Å²) < 4.78 is 0. The Morgan fingerprint density at radius 2 is 1.23 bits per heavy atom. The lowest BCUT2D eigenvalue weighted by Gasteiger charge is -2.34. The number of phenols is 1. The van der Waals surface area contributed by atoms with Gasteiger partial charge in [-0.25, -0.2) is 0 Å². The zero-order valence-corrected chi connectivity index (χ0v) is 32.0. The van der Waals surface area contributed by atoms with Crippen LogP contribution in [0.1, 0.15) is 45.3 Å². The molecule has 15 N–H and O–H groups in total. The second-order valence-electron chi connectivity index (χ2n) is 14.6. The summed E-state index contributed by atoms with van der Waals surface area (Å²) in [4.78, 5) is 83.9. The first-order chi connectivity index (χ1) is 26.1. The third-order valence-electron chi connectivity index (χ3n) is 10.2. The van der Waals surface area contributed by atoms with Crippen molar-refractivity contribution in [2.45, 2.75) is 119 Å². The van der Waals surface area contributed by atoms with E-state index in [1.54, 1.807) is 0 Å². The van der Waals surface area contributed by atoms with Crippen LogP contribution in [0.5, 0.6) is 5.75 Å². The molecule has 1 aromatic rings. The molecule has 1 aromatic carbocycles. The number of carbonyl (C=O) groups excluding carboxylic acids is 6. The molecule has 0 bridgehead atoms. The SMILES string of the molecule is C[C@@H](O)C1NC(=O)[C@@H](N)C[C@@H](O)[C@@H](O)NC(=O)[C@@H]2[C@@H](O)[C@@H](C)CN2C(=O)[C@H]([C@@H](C)O)NC(=O)C([C@H](O)[C@@H](O)c2ccc(O)cc2)NC(=O)[C@@H]2C[C@@H](O)CN2C1=O.Cl. The molecular weight excluding hydrogens is 782 g/mol. The van der Waals surface area contributed by atoms with Crippen LogP contribution in [-0.2, 0) is 28.8 Å². The zero-order valence-electron chi connectivity index (χ0n) is 31.2. The minimum absolute atomic E-state index is 0. The van der Waals surface area contributed by atoms with Crippen LogP contribution in [0.25, 0.3) is 0 Å². The molecule has 320 valence electrons. The Bertz CT molecular complexity index is 1620. The molecule has 3 aliphatic rings. The summed E-state index contributed by atoms with van der Waals surface area (Å²) in [5.74, 6) is -8.12. The summed E-state index contributed by atoms with van der Waals surface area (Å²) in [6.07, 6.45) is -15.8. The number of aromatic hydroxyl groups is 1. The molecule has 2 unspecified atom stereocenters. The van der Waals surface area contributed by atoms with Crippen LogP contribution >= 0.6 is 12.4 Å². The van der Waals surface area contributed by atoms with E-state index in [-0.39, 0.29) is 30.3 Å². The second-order valence-corrected chi connectivity index (χ2v) is 14.6. The quantitative estimate of drug-likeness (QED) is 0.131. The fraction of sp³-hybridized carbons (Fsp3) is 0.647. The Labute approximate surface area is 332 Å². The van der Waals surface area contributed by atoms with Gasteiger partial charge in [0.05, 0.1) is 30.5 Å². The maximum Gasteiger partial charge on any atom is 0.248 e. The second kappa shape index (κ2) is 19.5. The number of aliphatic hydroxyl groups excluding tert-OH is 8. The molecule has 3 aliphatic heterocycles. The summed E-state index contributed by atoms with van der Waals surface area (Å²) in [6.45, 7) is 2.85. The lowest BCUT2D eigenvalue weighted by molar-refractivity contribution is -0.148. The minimum Gasteiger partial charge on any atom is -0.508 e. The molecule has 0 aromatic heterocycles. The highest BCUT2D eigenvalue weighted by molar-refractivity contribution is 5.98. The molecule has 4 rings (SSSR count). The normalized spacial score (nSPS) is 34.6. The van der Waals surface area contributed by atoms with Gasteiger partial charge in [-0.3, -0.25) is 28.8 Å². The summed E-state index contributed by atoms with van der Waals surface area (Å²) in [5, 5.41) is 105. The predicted octanol–water partition coefficient (Wildman–Crippen LogP) is -6.88. The Kier molecular flexibility index (Phi) is 16.1. The minimum atomic E-state index is -2.24. The van der Waals surface area contributed by atoms with Crippen molar-refractivity contribution < 1.29 is 74.7 Å². The number of fused-ring (bicyclic) bond motifs is 2. The monoisotopic (exact) mass is 833 g/mol. The number of aliphatic hydroxyl groups is 8. The van der Waals surface area contributed by atoms with Gasteiger partial charge in [0.15, 0.2) is 6.23 Å². The molecule has 0 spiro atoms. The molecule has 3 fully saturated rings. The number of amides is 6. The van der Waals surface area contributed by atoms with Gasteiger partial charge in [0.1, 0.15) is 54.3 Å². The molecule has 6 amide bonds. The zero-order chi connectivity index (χ0) is 41.9. The molecule has 15 atom stereocenters. The summed E-state index contributed by atoms with van der Waals surface area (Å²) in [5.41, 5.74) is 5.88. The first-order valence-electron chi connectivity index (χ1n) is 18.0. The highest BCUT2D eigenvalue weighted by Crippen LogP contribution is 2.27. The van der Waals surface area contributed by atoms with E-state index in [2.05, 4.69) is 16.0 Å². The number of phenolic OH excluding ortho intramolecular Hbond substituents is 1. The van der Waals surface area contributed by atoms with Gasteiger partial charge in [0, 0.05) is 31.8 Å². The third kappa shape index (κ3) is 10.6. The summed E-state index contributed by atoms with van der Waals surface area (Å²) >= 11 is 0. The first-order valence-corrected chi connectivity index (χ1v) is 18.0. The lowest BCUT2D eigenvalue weighted by atomic mass is 9.96. The number of hydrogen-bond donors (Lipinski definition) is 14. The van der Waals surface area contributed by atoms with Crippen LogP contribution in [0.4, 0.5) is 0 Å². The Hall–Kier alpha value is -4.23. The van der Waals surface area contributed by atoms with E-state index in [0.717, 1.165) is 35.8 Å². The molecule has 3 saturated heterocycles. The van der Waals surface area contributed by atoms with Crippen LogP contribution in [0.2, 0.25) is 0 Å². The molecule has 0 aliphatic carbocycles. The van der Waals surface area contributed by atoms with E-state index in [0.29, 0.717) is 0 Å². The molecule has 0 saturated carbocycles. The van der Waals surface area contributed by atoms with Gasteiger partial charge in [-0.2, -0.15) is 0 Å². The van der Waals surface area contributed by atoms with E-state index in [1.165, 1.54) is 19.1 Å². The Balaban J connectivity index is 0.00000870. The molecule has 3 heterocycles. The number of carbonyl (C=O) groups is 6. The van der Waals surface area contributed by atoms with Crippen molar-refractivity contribution in [3.05, 3.63) is 29.8 Å². The van der Waals surface area contributed by atoms with Crippen molar-refractivity contribution >= 4 is 47.9 Å². The number of nitrogens with zero attached hydrogens (tertiary/aromatic N) is 2. The average Bonchev–Trinajstić information content (AvgIpc) is 3.68. The topological polar surface area (TPSA) is 365 Å². The van der Waals surface area contributed by atoms with Gasteiger partial charge in [-0.05, 0) is 31.5 Å². The van der Waals surface area contributed by atoms with E-state index < -0.39 is 146 Å². The van der Waals surface area contributed by atoms with Crippen molar-refractivity contribution in [1.82, 2.24) is 31.1 Å². The number of nitrogens with two attached hydrogens (primary N) is 1. The van der Waals surface area contributed by atoms with Crippen LogP contribution in [-0.4, -0.2) is 183 Å². The van der Waals surface area contributed by atoms with Crippen LogP contribution in [0.3, 0.4) is 0 Å². The van der Waals surface area contributed by atoms with E-state index in [9.17, 15) is 74.7 Å². The Morgan fingerprint density at radius 1 is 0.702 bits per heavy atom. The lowest BCUT2D eigenvalue weighted by Crippen LogP contribution is -2.64. The van der Waals surface area contributed by atoms with Crippen molar-refractivity contribution in [3.8, 4) is 5.75 Å². The number of halogens is 1. The number of benzene rings is 1. The van der Waals surface area contributed by atoms with Crippen molar-refractivity contribution in [2.75, 3.05) is 13.1 Å². The highest BCUT2D eigenvalue weighted by Gasteiger charge is 2.50. The maximum absolute atomic E-state index is 14.0. The highest BCUT2D eigenvalue weighted by atomic mass is 35.5. The van der Waals surface area contributed by atoms with Gasteiger partial charge in [-0.1, -0.05) is 19.1 Å². The van der Waals surface area contributed by atoms with Gasteiger partial charge in [0.25, 0.3) is 0 Å². The first kappa shape index (κ1) is 47.1.